The van der Waals surface area contributed by atoms with Gasteiger partial charge >= 0.3 is 0 Å². The number of rotatable bonds is 3. The molecule has 0 radical (unpaired) electrons. The highest BCUT2D eigenvalue weighted by Crippen LogP contribution is 2.47. The van der Waals surface area contributed by atoms with E-state index in [9.17, 15) is 0 Å². The normalized spacial score (nSPS) is 18.0. The largest absolute Gasteiger partial charge is 0.330 e. The molecular weight excluding hydrogens is 354 g/mol. The molecule has 0 spiro atoms. The zero-order valence-corrected chi connectivity index (χ0v) is 14.8. The van der Waals surface area contributed by atoms with E-state index < -0.39 is 0 Å². The van der Waals surface area contributed by atoms with Gasteiger partial charge in [0.15, 0.2) is 5.65 Å². The van der Waals surface area contributed by atoms with Crippen molar-refractivity contribution in [2.75, 3.05) is 0 Å². The van der Waals surface area contributed by atoms with Crippen LogP contribution in [-0.2, 0) is 14.1 Å². The van der Waals surface area contributed by atoms with Crippen LogP contribution in [-0.4, -0.2) is 24.3 Å². The summed E-state index contributed by atoms with van der Waals surface area (Å²) in [6, 6.07) is 2.22. The molecule has 3 heterocycles. The number of fused-ring (bicyclic) bond motifs is 1. The summed E-state index contributed by atoms with van der Waals surface area (Å²) in [5.74, 6) is 2.25. The van der Waals surface area contributed by atoms with E-state index >= 15 is 0 Å². The zero-order valence-electron chi connectivity index (χ0n) is 13.3. The summed E-state index contributed by atoms with van der Waals surface area (Å²) in [6.07, 6.45) is 7.01. The van der Waals surface area contributed by atoms with Gasteiger partial charge in [-0.2, -0.15) is 5.10 Å². The molecule has 0 amide bonds. The first-order valence-corrected chi connectivity index (χ1v) is 8.98. The first-order chi connectivity index (χ1) is 11.1. The molecule has 0 aromatic carbocycles. The predicted molar refractivity (Wildman–Crippen MR) is 92.4 cm³/mol. The molecule has 3 aromatic heterocycles. The first-order valence-electron chi connectivity index (χ1n) is 8.18. The molecule has 0 N–H and O–H groups in total. The van der Waals surface area contributed by atoms with Crippen LogP contribution < -0.4 is 0 Å². The van der Waals surface area contributed by atoms with Crippen LogP contribution in [0.5, 0.6) is 0 Å². The molecular formula is C17H18BrN5. The third-order valence-corrected chi connectivity index (χ3v) is 5.49. The molecule has 2 aliphatic rings. The minimum Gasteiger partial charge on any atom is -0.330 e. The minimum atomic E-state index is 0.566. The maximum atomic E-state index is 4.87. The Labute approximate surface area is 142 Å². The molecule has 0 unspecified atom stereocenters. The summed E-state index contributed by atoms with van der Waals surface area (Å²) < 4.78 is 5.08. The van der Waals surface area contributed by atoms with Gasteiger partial charge in [-0.25, -0.2) is 9.97 Å². The molecule has 2 saturated carbocycles. The Morgan fingerprint density at radius 3 is 2.52 bits per heavy atom. The first kappa shape index (κ1) is 13.7. The fourth-order valence-electron chi connectivity index (χ4n) is 3.45. The van der Waals surface area contributed by atoms with Gasteiger partial charge in [0.05, 0.1) is 11.4 Å². The minimum absolute atomic E-state index is 0.566. The average Bonchev–Trinajstić information content (AvgIpc) is 3.41. The molecule has 5 rings (SSSR count). The Hall–Kier alpha value is -1.69. The molecule has 2 fully saturated rings. The maximum absolute atomic E-state index is 4.87. The topological polar surface area (TPSA) is 48.5 Å². The van der Waals surface area contributed by atoms with Gasteiger partial charge < -0.3 is 4.57 Å². The second-order valence-electron chi connectivity index (χ2n) is 6.86. The van der Waals surface area contributed by atoms with Crippen molar-refractivity contribution in [3.05, 3.63) is 28.3 Å². The Morgan fingerprint density at radius 2 is 1.83 bits per heavy atom. The van der Waals surface area contributed by atoms with Crippen LogP contribution in [0.4, 0.5) is 0 Å². The highest BCUT2D eigenvalue weighted by molar-refractivity contribution is 9.10. The van der Waals surface area contributed by atoms with Gasteiger partial charge in [0.1, 0.15) is 10.4 Å². The molecule has 0 bridgehead atoms. The van der Waals surface area contributed by atoms with E-state index in [-0.39, 0.29) is 0 Å². The molecule has 2 aliphatic carbocycles. The van der Waals surface area contributed by atoms with E-state index in [1.807, 2.05) is 17.9 Å². The fourth-order valence-corrected chi connectivity index (χ4v) is 4.21. The van der Waals surface area contributed by atoms with Gasteiger partial charge in [-0.1, -0.05) is 0 Å². The predicted octanol–water partition coefficient (Wildman–Crippen LogP) is 3.89. The van der Waals surface area contributed by atoms with Crippen molar-refractivity contribution >= 4 is 27.0 Å². The summed E-state index contributed by atoms with van der Waals surface area (Å²) >= 11 is 3.67. The van der Waals surface area contributed by atoms with Crippen molar-refractivity contribution in [1.82, 2.24) is 24.3 Å². The van der Waals surface area contributed by atoms with Crippen LogP contribution >= 0.6 is 15.9 Å². The van der Waals surface area contributed by atoms with Gasteiger partial charge in [0.25, 0.3) is 0 Å². The zero-order chi connectivity index (χ0) is 15.7. The number of hydrogen-bond acceptors (Lipinski definition) is 3. The van der Waals surface area contributed by atoms with Gasteiger partial charge in [-0.05, 0) is 47.7 Å². The van der Waals surface area contributed by atoms with Crippen molar-refractivity contribution in [2.45, 2.75) is 37.5 Å². The molecule has 5 nitrogen and oxygen atoms in total. The second-order valence-corrected chi connectivity index (χ2v) is 7.61. The quantitative estimate of drug-likeness (QED) is 0.701. The molecule has 0 atom stereocenters. The summed E-state index contributed by atoms with van der Waals surface area (Å²) in [6.45, 7) is 0. The average molecular weight is 372 g/mol. The standard InChI is InChI=1S/C17H18BrN5/c1-22-8-11-7-12(13(9-3-4-9)19-16(11)21-22)17-20-15(18)14(23(17)2)10-5-6-10/h7-10H,3-6H2,1-2H3. The summed E-state index contributed by atoms with van der Waals surface area (Å²) in [7, 11) is 4.07. The number of pyridine rings is 1. The summed E-state index contributed by atoms with van der Waals surface area (Å²) in [4.78, 5) is 9.71. The maximum Gasteiger partial charge on any atom is 0.181 e. The van der Waals surface area contributed by atoms with Crippen LogP contribution in [0.1, 0.15) is 48.9 Å². The van der Waals surface area contributed by atoms with E-state index in [0.29, 0.717) is 11.8 Å². The van der Waals surface area contributed by atoms with E-state index in [1.165, 1.54) is 42.6 Å². The number of aromatic nitrogens is 5. The van der Waals surface area contributed by atoms with Gasteiger partial charge in [0.2, 0.25) is 0 Å². The van der Waals surface area contributed by atoms with Crippen LogP contribution in [0, 0.1) is 0 Å². The lowest BCUT2D eigenvalue weighted by Crippen LogP contribution is -2.01. The van der Waals surface area contributed by atoms with Crippen LogP contribution in [0.2, 0.25) is 0 Å². The van der Waals surface area contributed by atoms with E-state index in [2.05, 4.69) is 38.7 Å². The van der Waals surface area contributed by atoms with Gasteiger partial charge in [0, 0.05) is 43.1 Å². The highest BCUT2D eigenvalue weighted by Gasteiger charge is 2.34. The van der Waals surface area contributed by atoms with Crippen LogP contribution in [0.25, 0.3) is 22.4 Å². The number of nitrogens with zero attached hydrogens (tertiary/aromatic N) is 5. The molecule has 118 valence electrons. The molecule has 3 aromatic rings. The van der Waals surface area contributed by atoms with Crippen molar-refractivity contribution in [2.24, 2.45) is 14.1 Å². The van der Waals surface area contributed by atoms with Crippen molar-refractivity contribution in [3.63, 3.8) is 0 Å². The van der Waals surface area contributed by atoms with E-state index in [0.717, 1.165) is 21.5 Å². The monoisotopic (exact) mass is 371 g/mol. The number of aryl methyl sites for hydroxylation is 1. The number of imidazole rings is 1. The highest BCUT2D eigenvalue weighted by atomic mass is 79.9. The number of hydrogen-bond donors (Lipinski definition) is 0. The lowest BCUT2D eigenvalue weighted by molar-refractivity contribution is 0.774. The smallest absolute Gasteiger partial charge is 0.181 e. The third-order valence-electron chi connectivity index (χ3n) is 4.90. The molecule has 6 heteroatoms. The summed E-state index contributed by atoms with van der Waals surface area (Å²) in [5.41, 5.74) is 4.50. The van der Waals surface area contributed by atoms with E-state index in [1.54, 1.807) is 0 Å². The fraction of sp³-hybridized carbons (Fsp3) is 0.471. The van der Waals surface area contributed by atoms with Crippen molar-refractivity contribution in [3.8, 4) is 11.4 Å². The lowest BCUT2D eigenvalue weighted by atomic mass is 10.1. The Morgan fingerprint density at radius 1 is 1.09 bits per heavy atom. The Kier molecular flexibility index (Phi) is 2.78. The van der Waals surface area contributed by atoms with Gasteiger partial charge in [-0.15, -0.1) is 0 Å². The second kappa shape index (κ2) is 4.66. The van der Waals surface area contributed by atoms with E-state index in [4.69, 9.17) is 9.97 Å². The SMILES string of the molecule is Cn1cc2cc(-c3nc(Br)c(C4CC4)n3C)c(C3CC3)nc2n1. The Bertz CT molecular complexity index is 930. The van der Waals surface area contributed by atoms with Crippen molar-refractivity contribution in [1.29, 1.82) is 0 Å². The number of halogens is 1. The van der Waals surface area contributed by atoms with Gasteiger partial charge in [-0.3, -0.25) is 4.68 Å². The summed E-state index contributed by atoms with van der Waals surface area (Å²) in [5, 5.41) is 5.55. The van der Waals surface area contributed by atoms with Crippen LogP contribution in [0.15, 0.2) is 16.9 Å². The molecule has 23 heavy (non-hydrogen) atoms. The third kappa shape index (κ3) is 2.15. The molecule has 0 aliphatic heterocycles. The molecule has 0 saturated heterocycles. The Balaban J connectivity index is 1.75. The van der Waals surface area contributed by atoms with Crippen molar-refractivity contribution < 1.29 is 0 Å². The van der Waals surface area contributed by atoms with Crippen LogP contribution in [0.3, 0.4) is 0 Å². The lowest BCUT2D eigenvalue weighted by Gasteiger charge is -2.09.